The zero-order valence-corrected chi connectivity index (χ0v) is 19.6. The fraction of sp³-hybridized carbons (Fsp3) is 0.120. The summed E-state index contributed by atoms with van der Waals surface area (Å²) in [6.45, 7) is -0.113. The number of thioether (sulfide) groups is 1. The summed E-state index contributed by atoms with van der Waals surface area (Å²) >= 11 is 7.28. The molecule has 1 heterocycles. The average molecular weight is 493 g/mol. The number of hydrogen-bond acceptors (Lipinski definition) is 6. The number of rotatable bonds is 9. The number of para-hydroxylation sites is 1. The zero-order chi connectivity index (χ0) is 23.8. The smallest absolute Gasteiger partial charge is 0.316 e. The van der Waals surface area contributed by atoms with E-state index in [1.165, 1.54) is 11.8 Å². The van der Waals surface area contributed by atoms with Gasteiger partial charge in [0.25, 0.3) is 5.91 Å². The summed E-state index contributed by atoms with van der Waals surface area (Å²) in [6.07, 6.45) is 0. The lowest BCUT2D eigenvalue weighted by atomic mass is 10.2. The molecule has 0 aliphatic carbocycles. The van der Waals surface area contributed by atoms with Crippen LogP contribution >= 0.6 is 23.4 Å². The number of nitrogens with one attached hydrogen (secondary N) is 1. The molecule has 0 atom stereocenters. The van der Waals surface area contributed by atoms with Crippen molar-refractivity contribution in [2.24, 2.45) is 0 Å². The summed E-state index contributed by atoms with van der Waals surface area (Å²) < 4.78 is 7.01. The van der Waals surface area contributed by atoms with E-state index >= 15 is 0 Å². The van der Waals surface area contributed by atoms with Gasteiger partial charge in [-0.1, -0.05) is 90.1 Å². The Labute approximate surface area is 206 Å². The maximum absolute atomic E-state index is 12.3. The van der Waals surface area contributed by atoms with Gasteiger partial charge in [-0.3, -0.25) is 14.2 Å². The predicted octanol–water partition coefficient (Wildman–Crippen LogP) is 4.54. The standard InChI is InChI=1S/C25H21ClN4O3S/c26-21-14-8-7-11-19(21)15-27-22(31)16-33-23(32)17-34-25-29-28-24(18-9-3-1-4-10-18)30(25)20-12-5-2-6-13-20/h1-14H,15-17H2,(H,27,31). The van der Waals surface area contributed by atoms with Crippen molar-refractivity contribution in [2.75, 3.05) is 12.4 Å². The van der Waals surface area contributed by atoms with Gasteiger partial charge in [-0.2, -0.15) is 0 Å². The Morgan fingerprint density at radius 3 is 2.32 bits per heavy atom. The third-order valence-corrected chi connectivity index (χ3v) is 6.07. The molecule has 1 aromatic heterocycles. The summed E-state index contributed by atoms with van der Waals surface area (Å²) in [5, 5.41) is 12.4. The van der Waals surface area contributed by atoms with Gasteiger partial charge in [0.05, 0.1) is 5.75 Å². The lowest BCUT2D eigenvalue weighted by Crippen LogP contribution is -2.28. The van der Waals surface area contributed by atoms with Gasteiger partial charge in [0.15, 0.2) is 17.6 Å². The van der Waals surface area contributed by atoms with Crippen LogP contribution in [-0.4, -0.2) is 39.0 Å². The highest BCUT2D eigenvalue weighted by Crippen LogP contribution is 2.27. The van der Waals surface area contributed by atoms with E-state index < -0.39 is 11.9 Å². The summed E-state index contributed by atoms with van der Waals surface area (Å²) in [7, 11) is 0. The molecule has 0 aliphatic heterocycles. The van der Waals surface area contributed by atoms with Crippen LogP contribution in [0.3, 0.4) is 0 Å². The molecule has 1 N–H and O–H groups in total. The van der Waals surface area contributed by atoms with Crippen LogP contribution in [0.25, 0.3) is 17.1 Å². The first kappa shape index (κ1) is 23.5. The van der Waals surface area contributed by atoms with Gasteiger partial charge in [0.1, 0.15) is 0 Å². The number of esters is 1. The second kappa shape index (κ2) is 11.5. The van der Waals surface area contributed by atoms with Crippen molar-refractivity contribution in [3.8, 4) is 17.1 Å². The van der Waals surface area contributed by atoms with Gasteiger partial charge in [-0.25, -0.2) is 0 Å². The second-order valence-electron chi connectivity index (χ2n) is 7.16. The number of amides is 1. The Hall–Kier alpha value is -3.62. The molecular formula is C25H21ClN4O3S. The monoisotopic (exact) mass is 492 g/mol. The molecule has 0 radical (unpaired) electrons. The molecule has 7 nitrogen and oxygen atoms in total. The van der Waals surface area contributed by atoms with Crippen LogP contribution in [0, 0.1) is 0 Å². The molecule has 0 aliphatic rings. The van der Waals surface area contributed by atoms with Crippen LogP contribution in [-0.2, 0) is 20.9 Å². The number of carbonyl (C=O) groups excluding carboxylic acids is 2. The van der Waals surface area contributed by atoms with Crippen molar-refractivity contribution in [3.05, 3.63) is 95.5 Å². The number of nitrogens with zero attached hydrogens (tertiary/aromatic N) is 3. The van der Waals surface area contributed by atoms with E-state index in [4.69, 9.17) is 16.3 Å². The van der Waals surface area contributed by atoms with E-state index in [0.717, 1.165) is 16.8 Å². The first-order valence-corrected chi connectivity index (χ1v) is 11.8. The Bertz CT molecular complexity index is 1270. The third-order valence-electron chi connectivity index (χ3n) is 4.80. The van der Waals surface area contributed by atoms with Crippen molar-refractivity contribution in [1.29, 1.82) is 0 Å². The summed E-state index contributed by atoms with van der Waals surface area (Å²) in [5.41, 5.74) is 2.57. The number of aromatic nitrogens is 3. The van der Waals surface area contributed by atoms with E-state index in [1.807, 2.05) is 83.4 Å². The van der Waals surface area contributed by atoms with E-state index in [2.05, 4.69) is 15.5 Å². The van der Waals surface area contributed by atoms with Crippen molar-refractivity contribution in [2.45, 2.75) is 11.7 Å². The SMILES string of the molecule is O=C(COC(=O)CSc1nnc(-c2ccccc2)n1-c1ccccc1)NCc1ccccc1Cl. The van der Waals surface area contributed by atoms with Crippen molar-refractivity contribution < 1.29 is 14.3 Å². The van der Waals surface area contributed by atoms with Crippen LogP contribution < -0.4 is 5.32 Å². The highest BCUT2D eigenvalue weighted by Gasteiger charge is 2.18. The summed E-state index contributed by atoms with van der Waals surface area (Å²) in [5.74, 6) is -0.280. The second-order valence-corrected chi connectivity index (χ2v) is 8.51. The fourth-order valence-corrected chi connectivity index (χ4v) is 4.10. The third kappa shape index (κ3) is 6.03. The maximum atomic E-state index is 12.3. The first-order chi connectivity index (χ1) is 16.6. The summed E-state index contributed by atoms with van der Waals surface area (Å²) in [4.78, 5) is 24.3. The highest BCUT2D eigenvalue weighted by atomic mass is 35.5. The van der Waals surface area contributed by atoms with E-state index in [0.29, 0.717) is 16.0 Å². The van der Waals surface area contributed by atoms with Crippen molar-refractivity contribution in [3.63, 3.8) is 0 Å². The van der Waals surface area contributed by atoms with E-state index in [1.54, 1.807) is 6.07 Å². The van der Waals surface area contributed by atoms with Gasteiger partial charge in [-0.15, -0.1) is 10.2 Å². The number of benzene rings is 3. The zero-order valence-electron chi connectivity index (χ0n) is 18.1. The molecule has 0 bridgehead atoms. The minimum Gasteiger partial charge on any atom is -0.455 e. The number of carbonyl (C=O) groups is 2. The Morgan fingerprint density at radius 1 is 0.912 bits per heavy atom. The molecule has 9 heteroatoms. The predicted molar refractivity (Wildman–Crippen MR) is 132 cm³/mol. The largest absolute Gasteiger partial charge is 0.455 e. The molecule has 1 amide bonds. The van der Waals surface area contributed by atoms with Crippen LogP contribution in [0.5, 0.6) is 0 Å². The van der Waals surface area contributed by atoms with Crippen LogP contribution in [0.2, 0.25) is 5.02 Å². The average Bonchev–Trinajstić information content (AvgIpc) is 3.31. The van der Waals surface area contributed by atoms with Gasteiger partial charge in [-0.05, 0) is 23.8 Å². The molecule has 0 spiro atoms. The lowest BCUT2D eigenvalue weighted by molar-refractivity contribution is -0.145. The van der Waals surface area contributed by atoms with E-state index in [-0.39, 0.29) is 18.9 Å². The molecular weight excluding hydrogens is 472 g/mol. The molecule has 172 valence electrons. The van der Waals surface area contributed by atoms with Gasteiger partial charge in [0, 0.05) is 22.8 Å². The molecule has 4 rings (SSSR count). The minimum atomic E-state index is -0.526. The number of hydrogen-bond donors (Lipinski definition) is 1. The van der Waals surface area contributed by atoms with Gasteiger partial charge >= 0.3 is 5.97 Å². The molecule has 0 saturated carbocycles. The Balaban J connectivity index is 1.36. The normalized spacial score (nSPS) is 10.6. The van der Waals surface area contributed by atoms with E-state index in [9.17, 15) is 9.59 Å². The molecule has 4 aromatic rings. The first-order valence-electron chi connectivity index (χ1n) is 10.5. The highest BCUT2D eigenvalue weighted by molar-refractivity contribution is 7.99. The molecule has 0 fully saturated rings. The quantitative estimate of drug-likeness (QED) is 0.273. The molecule has 0 unspecified atom stereocenters. The maximum Gasteiger partial charge on any atom is 0.316 e. The summed E-state index contributed by atoms with van der Waals surface area (Å²) in [6, 6.07) is 26.6. The lowest BCUT2D eigenvalue weighted by Gasteiger charge is -2.10. The number of halogens is 1. The molecule has 0 saturated heterocycles. The Morgan fingerprint density at radius 2 is 1.59 bits per heavy atom. The Kier molecular flexibility index (Phi) is 7.95. The van der Waals surface area contributed by atoms with Crippen molar-refractivity contribution >= 4 is 35.2 Å². The minimum absolute atomic E-state index is 0.0163. The molecule has 3 aromatic carbocycles. The van der Waals surface area contributed by atoms with Crippen LogP contribution in [0.15, 0.2) is 90.1 Å². The van der Waals surface area contributed by atoms with Gasteiger partial charge < -0.3 is 10.1 Å². The molecule has 34 heavy (non-hydrogen) atoms. The van der Waals surface area contributed by atoms with Crippen molar-refractivity contribution in [1.82, 2.24) is 20.1 Å². The van der Waals surface area contributed by atoms with Gasteiger partial charge in [0.2, 0.25) is 0 Å². The van der Waals surface area contributed by atoms with Crippen LogP contribution in [0.4, 0.5) is 0 Å². The fourth-order valence-electron chi connectivity index (χ4n) is 3.15. The topological polar surface area (TPSA) is 86.1 Å². The van der Waals surface area contributed by atoms with Crippen LogP contribution in [0.1, 0.15) is 5.56 Å². The number of ether oxygens (including phenoxy) is 1.